The molecule has 0 spiro atoms. The van der Waals surface area contributed by atoms with Crippen LogP contribution in [0, 0.1) is 5.82 Å². The summed E-state index contributed by atoms with van der Waals surface area (Å²) in [5.41, 5.74) is 0.903. The molecule has 3 nitrogen and oxygen atoms in total. The van der Waals surface area contributed by atoms with E-state index in [0.29, 0.717) is 6.54 Å². The van der Waals surface area contributed by atoms with E-state index in [-0.39, 0.29) is 5.82 Å². The molecule has 0 saturated heterocycles. The van der Waals surface area contributed by atoms with Crippen molar-refractivity contribution in [3.8, 4) is 0 Å². The maximum absolute atomic E-state index is 12.8. The van der Waals surface area contributed by atoms with Gasteiger partial charge in [0.2, 0.25) is 0 Å². The van der Waals surface area contributed by atoms with E-state index >= 15 is 0 Å². The van der Waals surface area contributed by atoms with Crippen LogP contribution in [0.5, 0.6) is 0 Å². The lowest BCUT2D eigenvalue weighted by Crippen LogP contribution is -1.96. The first-order chi connectivity index (χ1) is 6.34. The summed E-state index contributed by atoms with van der Waals surface area (Å²) in [4.78, 5) is 0. The Labute approximate surface area is 74.8 Å². The van der Waals surface area contributed by atoms with Gasteiger partial charge in [0.25, 0.3) is 0 Å². The van der Waals surface area contributed by atoms with Gasteiger partial charge in [0.15, 0.2) is 0 Å². The maximum atomic E-state index is 12.8. The molecular weight excluding hydrogens is 169 g/mol. The Morgan fingerprint density at radius 1 is 1.23 bits per heavy atom. The molecule has 13 heavy (non-hydrogen) atoms. The smallest absolute Gasteiger partial charge is 0.123 e. The average molecular weight is 177 g/mol. The van der Waals surface area contributed by atoms with E-state index in [0.717, 1.165) is 5.56 Å². The first-order valence-corrected chi connectivity index (χ1v) is 3.91. The summed E-state index contributed by atoms with van der Waals surface area (Å²) < 4.78 is 14.5. The van der Waals surface area contributed by atoms with Crippen LogP contribution >= 0.6 is 0 Å². The van der Waals surface area contributed by atoms with Crippen molar-refractivity contribution in [2.75, 3.05) is 0 Å². The highest BCUT2D eigenvalue weighted by Gasteiger charge is 1.95. The van der Waals surface area contributed by atoms with Crippen molar-refractivity contribution in [2.45, 2.75) is 6.54 Å². The second kappa shape index (κ2) is 3.35. The molecule has 2 rings (SSSR count). The zero-order valence-corrected chi connectivity index (χ0v) is 6.89. The second-order valence-electron chi connectivity index (χ2n) is 2.76. The molecule has 0 aliphatic rings. The first-order valence-electron chi connectivity index (χ1n) is 3.91. The third-order valence-corrected chi connectivity index (χ3v) is 1.72. The molecule has 0 bridgehead atoms. The molecule has 0 fully saturated rings. The standard InChI is InChI=1S/C9H8FN3/c10-9-3-1-2-8(4-9)5-13-6-11-12-7-13/h1-4,6-7H,5H2. The zero-order valence-electron chi connectivity index (χ0n) is 6.89. The highest BCUT2D eigenvalue weighted by Crippen LogP contribution is 2.04. The summed E-state index contributed by atoms with van der Waals surface area (Å²) in [5, 5.41) is 7.32. The first kappa shape index (κ1) is 7.91. The summed E-state index contributed by atoms with van der Waals surface area (Å²) in [6, 6.07) is 6.48. The van der Waals surface area contributed by atoms with Gasteiger partial charge in [0.1, 0.15) is 18.5 Å². The van der Waals surface area contributed by atoms with Gasteiger partial charge >= 0.3 is 0 Å². The Kier molecular flexibility index (Phi) is 2.04. The SMILES string of the molecule is Fc1cccc(Cn2cnnc2)c1. The largest absolute Gasteiger partial charge is 0.316 e. The molecule has 1 aromatic heterocycles. The minimum atomic E-state index is -0.217. The Balaban J connectivity index is 2.19. The highest BCUT2D eigenvalue weighted by molar-refractivity contribution is 5.16. The Hall–Kier alpha value is -1.71. The number of benzene rings is 1. The van der Waals surface area contributed by atoms with Crippen LogP contribution in [0.2, 0.25) is 0 Å². The molecule has 1 heterocycles. The van der Waals surface area contributed by atoms with Crippen LogP contribution in [0.4, 0.5) is 4.39 Å². The molecular formula is C9H8FN3. The van der Waals surface area contributed by atoms with Crippen LogP contribution in [-0.2, 0) is 6.54 Å². The third kappa shape index (κ3) is 1.90. The van der Waals surface area contributed by atoms with Crippen molar-refractivity contribution in [1.29, 1.82) is 0 Å². The Morgan fingerprint density at radius 2 is 2.00 bits per heavy atom. The molecule has 0 aliphatic carbocycles. The van der Waals surface area contributed by atoms with Gasteiger partial charge in [-0.1, -0.05) is 12.1 Å². The fraction of sp³-hybridized carbons (Fsp3) is 0.111. The highest BCUT2D eigenvalue weighted by atomic mass is 19.1. The van der Waals surface area contributed by atoms with Gasteiger partial charge in [-0.2, -0.15) is 0 Å². The van der Waals surface area contributed by atoms with E-state index in [4.69, 9.17) is 0 Å². The Morgan fingerprint density at radius 3 is 2.69 bits per heavy atom. The van der Waals surface area contributed by atoms with Crippen LogP contribution in [0.1, 0.15) is 5.56 Å². The van der Waals surface area contributed by atoms with Crippen LogP contribution in [-0.4, -0.2) is 14.8 Å². The number of hydrogen-bond acceptors (Lipinski definition) is 2. The van der Waals surface area contributed by atoms with E-state index in [1.807, 2.05) is 6.07 Å². The van der Waals surface area contributed by atoms with Gasteiger partial charge in [-0.3, -0.25) is 0 Å². The molecule has 0 amide bonds. The fourth-order valence-corrected chi connectivity index (χ4v) is 1.15. The predicted octanol–water partition coefficient (Wildman–Crippen LogP) is 1.47. The summed E-state index contributed by atoms with van der Waals surface area (Å²) in [6.45, 7) is 0.602. The van der Waals surface area contributed by atoms with Gasteiger partial charge in [-0.05, 0) is 17.7 Å². The van der Waals surface area contributed by atoms with Crippen molar-refractivity contribution in [2.24, 2.45) is 0 Å². The van der Waals surface area contributed by atoms with E-state index in [1.54, 1.807) is 23.3 Å². The molecule has 0 aliphatic heterocycles. The van der Waals surface area contributed by atoms with Gasteiger partial charge in [-0.25, -0.2) is 4.39 Å². The monoisotopic (exact) mass is 177 g/mol. The Bertz CT molecular complexity index is 384. The number of aromatic nitrogens is 3. The maximum Gasteiger partial charge on any atom is 0.123 e. The summed E-state index contributed by atoms with van der Waals surface area (Å²) in [5.74, 6) is -0.217. The van der Waals surface area contributed by atoms with E-state index in [1.165, 1.54) is 12.1 Å². The van der Waals surface area contributed by atoms with Crippen LogP contribution < -0.4 is 0 Å². The third-order valence-electron chi connectivity index (χ3n) is 1.72. The number of hydrogen-bond donors (Lipinski definition) is 0. The molecule has 0 unspecified atom stereocenters. The molecule has 0 atom stereocenters. The second-order valence-corrected chi connectivity index (χ2v) is 2.76. The van der Waals surface area contributed by atoms with Gasteiger partial charge < -0.3 is 4.57 Å². The minimum Gasteiger partial charge on any atom is -0.316 e. The van der Waals surface area contributed by atoms with Crippen LogP contribution in [0.15, 0.2) is 36.9 Å². The lowest BCUT2D eigenvalue weighted by Gasteiger charge is -2.00. The number of rotatable bonds is 2. The topological polar surface area (TPSA) is 30.7 Å². The van der Waals surface area contributed by atoms with Crippen molar-refractivity contribution in [3.63, 3.8) is 0 Å². The molecule has 66 valence electrons. The molecule has 1 aromatic carbocycles. The van der Waals surface area contributed by atoms with Crippen molar-refractivity contribution < 1.29 is 4.39 Å². The predicted molar refractivity (Wildman–Crippen MR) is 45.5 cm³/mol. The van der Waals surface area contributed by atoms with Gasteiger partial charge in [0.05, 0.1) is 6.54 Å². The van der Waals surface area contributed by atoms with Crippen molar-refractivity contribution in [3.05, 3.63) is 48.3 Å². The zero-order chi connectivity index (χ0) is 9.10. The number of halogens is 1. The van der Waals surface area contributed by atoms with E-state index in [2.05, 4.69) is 10.2 Å². The van der Waals surface area contributed by atoms with Gasteiger partial charge in [-0.15, -0.1) is 10.2 Å². The quantitative estimate of drug-likeness (QED) is 0.695. The molecule has 2 aromatic rings. The van der Waals surface area contributed by atoms with Crippen LogP contribution in [0.25, 0.3) is 0 Å². The fourth-order valence-electron chi connectivity index (χ4n) is 1.15. The summed E-state index contributed by atoms with van der Waals surface area (Å²) >= 11 is 0. The van der Waals surface area contributed by atoms with E-state index < -0.39 is 0 Å². The van der Waals surface area contributed by atoms with Crippen molar-refractivity contribution in [1.82, 2.24) is 14.8 Å². The lowest BCUT2D eigenvalue weighted by atomic mass is 10.2. The summed E-state index contributed by atoms with van der Waals surface area (Å²) in [6.07, 6.45) is 3.20. The van der Waals surface area contributed by atoms with Crippen molar-refractivity contribution >= 4 is 0 Å². The molecule has 0 N–H and O–H groups in total. The normalized spacial score (nSPS) is 10.2. The van der Waals surface area contributed by atoms with E-state index in [9.17, 15) is 4.39 Å². The lowest BCUT2D eigenvalue weighted by molar-refractivity contribution is 0.623. The molecule has 0 saturated carbocycles. The van der Waals surface area contributed by atoms with Crippen LogP contribution in [0.3, 0.4) is 0 Å². The molecule has 0 radical (unpaired) electrons. The minimum absolute atomic E-state index is 0.217. The number of nitrogens with zero attached hydrogens (tertiary/aromatic N) is 3. The van der Waals surface area contributed by atoms with Gasteiger partial charge in [0, 0.05) is 0 Å². The average Bonchev–Trinajstić information content (AvgIpc) is 2.57. The summed E-state index contributed by atoms with van der Waals surface area (Å²) in [7, 11) is 0. The molecule has 4 heteroatoms.